The SMILES string of the molecule is COCCOCC(O)CSc1cc(Cl)ccc1Cl. The van der Waals surface area contributed by atoms with E-state index in [9.17, 15) is 5.11 Å². The van der Waals surface area contributed by atoms with Crippen molar-refractivity contribution in [2.45, 2.75) is 11.0 Å². The molecule has 0 amide bonds. The molecular weight excluding hydrogens is 295 g/mol. The number of methoxy groups -OCH3 is 1. The lowest BCUT2D eigenvalue weighted by Gasteiger charge is -2.11. The number of aliphatic hydroxyl groups is 1. The van der Waals surface area contributed by atoms with Gasteiger partial charge in [-0.1, -0.05) is 23.2 Å². The quantitative estimate of drug-likeness (QED) is 0.591. The van der Waals surface area contributed by atoms with Gasteiger partial charge in [0, 0.05) is 22.8 Å². The van der Waals surface area contributed by atoms with Gasteiger partial charge in [0.05, 0.1) is 30.9 Å². The average Bonchev–Trinajstić information content (AvgIpc) is 2.36. The van der Waals surface area contributed by atoms with Crippen LogP contribution < -0.4 is 0 Å². The highest BCUT2D eigenvalue weighted by atomic mass is 35.5. The molecule has 1 aromatic rings. The monoisotopic (exact) mass is 310 g/mol. The molecule has 0 bridgehead atoms. The van der Waals surface area contributed by atoms with Gasteiger partial charge in [-0.2, -0.15) is 0 Å². The van der Waals surface area contributed by atoms with Crippen molar-refractivity contribution in [2.24, 2.45) is 0 Å². The molecule has 0 spiro atoms. The molecule has 0 fully saturated rings. The summed E-state index contributed by atoms with van der Waals surface area (Å²) >= 11 is 13.3. The van der Waals surface area contributed by atoms with Crippen molar-refractivity contribution in [3.63, 3.8) is 0 Å². The number of ether oxygens (including phenoxy) is 2. The second-order valence-corrected chi connectivity index (χ2v) is 5.51. The number of benzene rings is 1. The van der Waals surface area contributed by atoms with Crippen LogP contribution in [0.3, 0.4) is 0 Å². The van der Waals surface area contributed by atoms with Gasteiger partial charge in [-0.05, 0) is 18.2 Å². The van der Waals surface area contributed by atoms with E-state index in [4.69, 9.17) is 32.7 Å². The number of thioether (sulfide) groups is 1. The van der Waals surface area contributed by atoms with Crippen molar-refractivity contribution >= 4 is 35.0 Å². The zero-order chi connectivity index (χ0) is 13.4. The molecule has 0 aliphatic heterocycles. The van der Waals surface area contributed by atoms with Gasteiger partial charge in [0.2, 0.25) is 0 Å². The van der Waals surface area contributed by atoms with Crippen molar-refractivity contribution in [3.8, 4) is 0 Å². The zero-order valence-electron chi connectivity index (χ0n) is 10.1. The maximum atomic E-state index is 9.71. The molecule has 6 heteroatoms. The standard InChI is InChI=1S/C12H16Cl2O3S/c1-16-4-5-17-7-10(15)8-18-12-6-9(13)2-3-11(12)14/h2-3,6,10,15H,4-5,7-8H2,1H3. The molecule has 0 aliphatic rings. The molecule has 0 radical (unpaired) electrons. The van der Waals surface area contributed by atoms with E-state index >= 15 is 0 Å². The number of hydrogen-bond acceptors (Lipinski definition) is 4. The molecule has 1 rings (SSSR count). The fourth-order valence-corrected chi connectivity index (χ4v) is 2.59. The Kier molecular flexibility index (Phi) is 8.06. The van der Waals surface area contributed by atoms with E-state index in [1.165, 1.54) is 11.8 Å². The lowest BCUT2D eigenvalue weighted by molar-refractivity contribution is 0.0218. The molecule has 3 nitrogen and oxygen atoms in total. The van der Waals surface area contributed by atoms with Crippen molar-refractivity contribution in [3.05, 3.63) is 28.2 Å². The highest BCUT2D eigenvalue weighted by Crippen LogP contribution is 2.30. The Morgan fingerprint density at radius 3 is 2.83 bits per heavy atom. The van der Waals surface area contributed by atoms with Gasteiger partial charge in [0.25, 0.3) is 0 Å². The summed E-state index contributed by atoms with van der Waals surface area (Å²) in [6.45, 7) is 1.30. The van der Waals surface area contributed by atoms with Gasteiger partial charge < -0.3 is 14.6 Å². The molecule has 102 valence electrons. The summed E-state index contributed by atoms with van der Waals surface area (Å²) in [4.78, 5) is 0.861. The minimum atomic E-state index is -0.540. The van der Waals surface area contributed by atoms with Crippen LogP contribution in [0.5, 0.6) is 0 Å². The predicted molar refractivity (Wildman–Crippen MR) is 75.9 cm³/mol. The van der Waals surface area contributed by atoms with E-state index in [1.54, 1.807) is 25.3 Å². The highest BCUT2D eigenvalue weighted by molar-refractivity contribution is 7.99. The Hall–Kier alpha value is 0.0300. The minimum Gasteiger partial charge on any atom is -0.390 e. The second kappa shape index (κ2) is 9.02. The van der Waals surface area contributed by atoms with E-state index in [0.717, 1.165) is 4.90 Å². The first-order valence-electron chi connectivity index (χ1n) is 5.46. The van der Waals surface area contributed by atoms with Crippen LogP contribution in [-0.2, 0) is 9.47 Å². The molecular formula is C12H16Cl2O3S. The topological polar surface area (TPSA) is 38.7 Å². The summed E-state index contributed by atoms with van der Waals surface area (Å²) in [5.41, 5.74) is 0. The Labute approximate surface area is 121 Å². The highest BCUT2D eigenvalue weighted by Gasteiger charge is 2.08. The maximum absolute atomic E-state index is 9.71. The Bertz CT molecular complexity index is 363. The summed E-state index contributed by atoms with van der Waals surface area (Å²) in [5.74, 6) is 0.507. The maximum Gasteiger partial charge on any atom is 0.0867 e. The van der Waals surface area contributed by atoms with Gasteiger partial charge in [-0.25, -0.2) is 0 Å². The lowest BCUT2D eigenvalue weighted by Crippen LogP contribution is -2.19. The van der Waals surface area contributed by atoms with Gasteiger partial charge in [0.15, 0.2) is 0 Å². The lowest BCUT2D eigenvalue weighted by atomic mass is 10.4. The predicted octanol–water partition coefficient (Wildman–Crippen LogP) is 3.11. The second-order valence-electron chi connectivity index (χ2n) is 3.61. The molecule has 18 heavy (non-hydrogen) atoms. The molecule has 1 unspecified atom stereocenters. The van der Waals surface area contributed by atoms with E-state index in [2.05, 4.69) is 0 Å². The van der Waals surface area contributed by atoms with E-state index in [-0.39, 0.29) is 6.61 Å². The van der Waals surface area contributed by atoms with E-state index < -0.39 is 6.10 Å². The summed E-state index contributed by atoms with van der Waals surface area (Å²) in [6.07, 6.45) is -0.540. The van der Waals surface area contributed by atoms with Crippen LogP contribution in [-0.4, -0.2) is 43.9 Å². The summed E-state index contributed by atoms with van der Waals surface area (Å²) in [5, 5.41) is 11.0. The minimum absolute atomic E-state index is 0.286. The molecule has 0 aromatic heterocycles. The summed E-state index contributed by atoms with van der Waals surface area (Å²) < 4.78 is 10.1. The molecule has 1 atom stereocenters. The fraction of sp³-hybridized carbons (Fsp3) is 0.500. The van der Waals surface area contributed by atoms with Crippen LogP contribution in [0.1, 0.15) is 0 Å². The van der Waals surface area contributed by atoms with Crippen molar-refractivity contribution in [1.29, 1.82) is 0 Å². The zero-order valence-corrected chi connectivity index (χ0v) is 12.4. The first-order chi connectivity index (χ1) is 8.63. The third-order valence-electron chi connectivity index (χ3n) is 2.07. The Morgan fingerprint density at radius 2 is 2.11 bits per heavy atom. The van der Waals surface area contributed by atoms with E-state index in [1.807, 2.05) is 0 Å². The third-order valence-corrected chi connectivity index (χ3v) is 3.94. The summed E-state index contributed by atoms with van der Waals surface area (Å²) in [7, 11) is 1.61. The van der Waals surface area contributed by atoms with Gasteiger partial charge in [-0.3, -0.25) is 0 Å². The van der Waals surface area contributed by atoms with Crippen molar-refractivity contribution in [2.75, 3.05) is 32.7 Å². The number of rotatable bonds is 8. The van der Waals surface area contributed by atoms with Crippen LogP contribution in [0.15, 0.2) is 23.1 Å². The van der Waals surface area contributed by atoms with Crippen LogP contribution in [0, 0.1) is 0 Å². The van der Waals surface area contributed by atoms with Gasteiger partial charge in [-0.15, -0.1) is 11.8 Å². The number of halogens is 2. The number of aliphatic hydroxyl groups excluding tert-OH is 1. The molecule has 1 aromatic carbocycles. The Morgan fingerprint density at radius 1 is 1.33 bits per heavy atom. The average molecular weight is 311 g/mol. The third kappa shape index (κ3) is 6.27. The van der Waals surface area contributed by atoms with E-state index in [0.29, 0.717) is 29.0 Å². The first kappa shape index (κ1) is 16.1. The molecule has 0 aliphatic carbocycles. The first-order valence-corrected chi connectivity index (χ1v) is 7.20. The largest absolute Gasteiger partial charge is 0.390 e. The molecule has 1 N–H and O–H groups in total. The molecule has 0 heterocycles. The van der Waals surface area contributed by atoms with Crippen LogP contribution >= 0.6 is 35.0 Å². The molecule has 0 saturated carbocycles. The summed E-state index contributed by atoms with van der Waals surface area (Å²) in [6, 6.07) is 5.26. The molecule has 0 saturated heterocycles. The van der Waals surface area contributed by atoms with Gasteiger partial charge >= 0.3 is 0 Å². The van der Waals surface area contributed by atoms with Gasteiger partial charge in [0.1, 0.15) is 0 Å². The number of hydrogen-bond donors (Lipinski definition) is 1. The normalized spacial score (nSPS) is 12.7. The van der Waals surface area contributed by atoms with Crippen LogP contribution in [0.2, 0.25) is 10.0 Å². The Balaban J connectivity index is 2.29. The van der Waals surface area contributed by atoms with Crippen LogP contribution in [0.25, 0.3) is 0 Å². The van der Waals surface area contributed by atoms with Crippen molar-refractivity contribution in [1.82, 2.24) is 0 Å². The smallest absolute Gasteiger partial charge is 0.0867 e. The van der Waals surface area contributed by atoms with Crippen molar-refractivity contribution < 1.29 is 14.6 Å². The fourth-order valence-electron chi connectivity index (χ4n) is 1.18. The van der Waals surface area contributed by atoms with Crippen LogP contribution in [0.4, 0.5) is 0 Å².